The molecule has 16 heavy (non-hydrogen) atoms. The number of hydrogen-bond donors (Lipinski definition) is 2. The smallest absolute Gasteiger partial charge is 0.338 e. The Bertz CT molecular complexity index is 409. The number of anilines is 1. The molecule has 0 aliphatic rings. The Morgan fingerprint density at radius 2 is 2.12 bits per heavy atom. The SMILES string of the molecule is CC(=O)Nc1scc(CC(C)C)c1C(=O)O. The second kappa shape index (κ2) is 5.12. The molecule has 0 radical (unpaired) electrons. The fourth-order valence-corrected chi connectivity index (χ4v) is 2.48. The summed E-state index contributed by atoms with van der Waals surface area (Å²) < 4.78 is 0. The summed E-state index contributed by atoms with van der Waals surface area (Å²) in [5.41, 5.74) is 1.02. The monoisotopic (exact) mass is 241 g/mol. The molecular weight excluding hydrogens is 226 g/mol. The van der Waals surface area contributed by atoms with Crippen LogP contribution in [0.2, 0.25) is 0 Å². The number of carbonyl (C=O) groups excluding carboxylic acids is 1. The summed E-state index contributed by atoms with van der Waals surface area (Å²) in [7, 11) is 0. The van der Waals surface area contributed by atoms with Gasteiger partial charge in [0.2, 0.25) is 5.91 Å². The molecule has 88 valence electrons. The van der Waals surface area contributed by atoms with Crippen molar-refractivity contribution in [3.05, 3.63) is 16.5 Å². The van der Waals surface area contributed by atoms with Gasteiger partial charge in [0.15, 0.2) is 0 Å². The summed E-state index contributed by atoms with van der Waals surface area (Å²) in [4.78, 5) is 22.0. The van der Waals surface area contributed by atoms with Crippen LogP contribution < -0.4 is 5.32 Å². The first kappa shape index (κ1) is 12.7. The van der Waals surface area contributed by atoms with Crippen molar-refractivity contribution < 1.29 is 14.7 Å². The molecule has 1 rings (SSSR count). The third kappa shape index (κ3) is 3.06. The highest BCUT2D eigenvalue weighted by molar-refractivity contribution is 7.15. The predicted molar refractivity (Wildman–Crippen MR) is 64.1 cm³/mol. The van der Waals surface area contributed by atoms with Gasteiger partial charge in [-0.3, -0.25) is 4.79 Å². The molecule has 0 spiro atoms. The van der Waals surface area contributed by atoms with E-state index in [2.05, 4.69) is 5.32 Å². The first-order valence-corrected chi connectivity index (χ1v) is 5.91. The normalized spacial score (nSPS) is 10.5. The molecule has 5 heteroatoms. The minimum absolute atomic E-state index is 0.230. The molecule has 1 aromatic heterocycles. The van der Waals surface area contributed by atoms with Crippen LogP contribution in [0.4, 0.5) is 5.00 Å². The molecule has 1 amide bonds. The second-order valence-corrected chi connectivity index (χ2v) is 4.93. The number of aromatic carboxylic acids is 1. The molecule has 1 aromatic rings. The quantitative estimate of drug-likeness (QED) is 0.851. The zero-order valence-corrected chi connectivity index (χ0v) is 10.4. The van der Waals surface area contributed by atoms with Gasteiger partial charge in [-0.2, -0.15) is 0 Å². The predicted octanol–water partition coefficient (Wildman–Crippen LogP) is 2.60. The van der Waals surface area contributed by atoms with E-state index in [1.165, 1.54) is 18.3 Å². The molecule has 0 aliphatic carbocycles. The van der Waals surface area contributed by atoms with Crippen molar-refractivity contribution >= 4 is 28.2 Å². The van der Waals surface area contributed by atoms with Crippen LogP contribution in [0.15, 0.2) is 5.38 Å². The fourth-order valence-electron chi connectivity index (χ4n) is 1.47. The number of thiophene rings is 1. The Labute approximate surface area is 98.3 Å². The largest absolute Gasteiger partial charge is 0.478 e. The zero-order valence-electron chi connectivity index (χ0n) is 9.53. The van der Waals surface area contributed by atoms with Crippen LogP contribution in [-0.2, 0) is 11.2 Å². The Hall–Kier alpha value is -1.36. The van der Waals surface area contributed by atoms with E-state index in [9.17, 15) is 9.59 Å². The van der Waals surface area contributed by atoms with Crippen molar-refractivity contribution in [3.8, 4) is 0 Å². The summed E-state index contributed by atoms with van der Waals surface area (Å²) in [6.07, 6.45) is 0.706. The molecule has 1 heterocycles. The number of amides is 1. The lowest BCUT2D eigenvalue weighted by atomic mass is 10.0. The maximum Gasteiger partial charge on any atom is 0.338 e. The van der Waals surface area contributed by atoms with Gasteiger partial charge in [-0.25, -0.2) is 4.79 Å². The van der Waals surface area contributed by atoms with E-state index in [1.54, 1.807) is 5.38 Å². The number of nitrogens with one attached hydrogen (secondary N) is 1. The van der Waals surface area contributed by atoms with Crippen molar-refractivity contribution in [1.29, 1.82) is 0 Å². The van der Waals surface area contributed by atoms with Crippen LogP contribution in [0.3, 0.4) is 0 Å². The highest BCUT2D eigenvalue weighted by atomic mass is 32.1. The Kier molecular flexibility index (Phi) is 4.06. The third-order valence-electron chi connectivity index (χ3n) is 2.00. The number of hydrogen-bond acceptors (Lipinski definition) is 3. The lowest BCUT2D eigenvalue weighted by Crippen LogP contribution is -2.10. The van der Waals surface area contributed by atoms with E-state index in [0.29, 0.717) is 17.3 Å². The average Bonchev–Trinajstić information content (AvgIpc) is 2.45. The number of carbonyl (C=O) groups is 2. The summed E-state index contributed by atoms with van der Waals surface area (Å²) in [5.74, 6) is -0.848. The van der Waals surface area contributed by atoms with E-state index >= 15 is 0 Å². The van der Waals surface area contributed by atoms with Crippen LogP contribution in [-0.4, -0.2) is 17.0 Å². The molecule has 0 bridgehead atoms. The van der Waals surface area contributed by atoms with Gasteiger partial charge in [0, 0.05) is 6.92 Å². The standard InChI is InChI=1S/C11H15NO3S/c1-6(2)4-8-5-16-10(12-7(3)13)9(8)11(14)15/h5-6H,4H2,1-3H3,(H,12,13)(H,14,15). The molecule has 0 atom stereocenters. The van der Waals surface area contributed by atoms with Gasteiger partial charge in [0.25, 0.3) is 0 Å². The summed E-state index contributed by atoms with van der Waals surface area (Å²) >= 11 is 1.26. The maximum atomic E-state index is 11.1. The van der Waals surface area contributed by atoms with Gasteiger partial charge < -0.3 is 10.4 Å². The average molecular weight is 241 g/mol. The van der Waals surface area contributed by atoms with Gasteiger partial charge in [-0.15, -0.1) is 11.3 Å². The first-order valence-electron chi connectivity index (χ1n) is 5.03. The summed E-state index contributed by atoms with van der Waals surface area (Å²) in [5, 5.41) is 13.9. The van der Waals surface area contributed by atoms with Crippen LogP contribution in [0, 0.1) is 5.92 Å². The van der Waals surface area contributed by atoms with E-state index in [4.69, 9.17) is 5.11 Å². The molecular formula is C11H15NO3S. The molecule has 0 aliphatic heterocycles. The Morgan fingerprint density at radius 3 is 2.56 bits per heavy atom. The molecule has 4 nitrogen and oxygen atoms in total. The van der Waals surface area contributed by atoms with Gasteiger partial charge in [-0.1, -0.05) is 13.8 Å². The first-order chi connectivity index (χ1) is 7.41. The summed E-state index contributed by atoms with van der Waals surface area (Å²) in [6, 6.07) is 0. The van der Waals surface area contributed by atoms with Gasteiger partial charge in [0.05, 0.1) is 5.56 Å². The van der Waals surface area contributed by atoms with Crippen molar-refractivity contribution in [2.45, 2.75) is 27.2 Å². The van der Waals surface area contributed by atoms with Crippen LogP contribution in [0.25, 0.3) is 0 Å². The number of carboxylic acid groups (broad SMARTS) is 1. The second-order valence-electron chi connectivity index (χ2n) is 4.05. The Balaban J connectivity index is 3.06. The number of carboxylic acids is 1. The molecule has 0 unspecified atom stereocenters. The highest BCUT2D eigenvalue weighted by Gasteiger charge is 2.19. The van der Waals surface area contributed by atoms with E-state index < -0.39 is 5.97 Å². The lowest BCUT2D eigenvalue weighted by Gasteiger charge is -2.05. The minimum atomic E-state index is -0.986. The van der Waals surface area contributed by atoms with Crippen molar-refractivity contribution in [2.75, 3.05) is 5.32 Å². The third-order valence-corrected chi connectivity index (χ3v) is 2.94. The van der Waals surface area contributed by atoms with Crippen molar-refractivity contribution in [2.24, 2.45) is 5.92 Å². The number of rotatable bonds is 4. The van der Waals surface area contributed by atoms with Gasteiger partial charge in [-0.05, 0) is 23.3 Å². The van der Waals surface area contributed by atoms with E-state index in [0.717, 1.165) is 5.56 Å². The minimum Gasteiger partial charge on any atom is -0.478 e. The molecule has 0 fully saturated rings. The highest BCUT2D eigenvalue weighted by Crippen LogP contribution is 2.29. The summed E-state index contributed by atoms with van der Waals surface area (Å²) in [6.45, 7) is 5.43. The van der Waals surface area contributed by atoms with Crippen LogP contribution in [0.1, 0.15) is 36.7 Å². The fraction of sp³-hybridized carbons (Fsp3) is 0.455. The molecule has 2 N–H and O–H groups in total. The molecule has 0 saturated carbocycles. The van der Waals surface area contributed by atoms with Crippen molar-refractivity contribution in [3.63, 3.8) is 0 Å². The Morgan fingerprint density at radius 1 is 1.50 bits per heavy atom. The topological polar surface area (TPSA) is 66.4 Å². The van der Waals surface area contributed by atoms with Crippen molar-refractivity contribution in [1.82, 2.24) is 0 Å². The van der Waals surface area contributed by atoms with Crippen LogP contribution in [0.5, 0.6) is 0 Å². The van der Waals surface area contributed by atoms with Gasteiger partial charge >= 0.3 is 5.97 Å². The van der Waals surface area contributed by atoms with E-state index in [1.807, 2.05) is 13.8 Å². The van der Waals surface area contributed by atoms with Gasteiger partial charge in [0.1, 0.15) is 5.00 Å². The van der Waals surface area contributed by atoms with E-state index in [-0.39, 0.29) is 11.5 Å². The molecule has 0 aromatic carbocycles. The van der Waals surface area contributed by atoms with Crippen LogP contribution >= 0.6 is 11.3 Å². The zero-order chi connectivity index (χ0) is 12.3. The lowest BCUT2D eigenvalue weighted by molar-refractivity contribution is -0.114. The maximum absolute atomic E-state index is 11.1. The molecule has 0 saturated heterocycles.